The molecule has 1 N–H and O–H groups in total. The summed E-state index contributed by atoms with van der Waals surface area (Å²) in [6.45, 7) is 3.08. The Morgan fingerprint density at radius 1 is 0.962 bits per heavy atom. The molecule has 0 aromatic heterocycles. The third-order valence-electron chi connectivity index (χ3n) is 5.06. The van der Waals surface area contributed by atoms with Crippen LogP contribution in [0.2, 0.25) is 0 Å². The summed E-state index contributed by atoms with van der Waals surface area (Å²) in [5, 5.41) is 13.0. The van der Waals surface area contributed by atoms with Gasteiger partial charge in [-0.25, -0.2) is 0 Å². The summed E-state index contributed by atoms with van der Waals surface area (Å²) >= 11 is 0. The van der Waals surface area contributed by atoms with Crippen LogP contribution in [0.5, 0.6) is 11.5 Å². The van der Waals surface area contributed by atoms with Crippen molar-refractivity contribution in [3.63, 3.8) is 0 Å². The van der Waals surface area contributed by atoms with Gasteiger partial charge in [-0.15, -0.1) is 0 Å². The Hall–Kier alpha value is -2.56. The van der Waals surface area contributed by atoms with Gasteiger partial charge in [-0.2, -0.15) is 0 Å². The van der Waals surface area contributed by atoms with Gasteiger partial charge in [0.15, 0.2) is 0 Å². The Kier molecular flexibility index (Phi) is 4.78. The van der Waals surface area contributed by atoms with Gasteiger partial charge in [0.2, 0.25) is 0 Å². The van der Waals surface area contributed by atoms with Gasteiger partial charge in [-0.3, -0.25) is 4.90 Å². The largest absolute Gasteiger partial charge is 0.508 e. The molecule has 1 heterocycles. The quantitative estimate of drug-likeness (QED) is 0.774. The first-order valence-electron chi connectivity index (χ1n) is 8.94. The van der Waals surface area contributed by atoms with Gasteiger partial charge in [-0.1, -0.05) is 42.5 Å². The predicted molar refractivity (Wildman–Crippen MR) is 103 cm³/mol. The fourth-order valence-corrected chi connectivity index (χ4v) is 3.75. The topological polar surface area (TPSA) is 41.9 Å². The summed E-state index contributed by atoms with van der Waals surface area (Å²) < 4.78 is 10.9. The van der Waals surface area contributed by atoms with Gasteiger partial charge in [0, 0.05) is 18.7 Å². The SMILES string of the molecule is COc1ccc([C@@H](c2c(O)ccc3ccccc23)N2CCOCC2)cc1. The number of phenolic OH excluding ortho intramolecular Hbond substituents is 1. The number of nitrogens with zero attached hydrogens (tertiary/aromatic N) is 1. The minimum atomic E-state index is -0.0316. The van der Waals surface area contributed by atoms with Crippen molar-refractivity contribution in [2.45, 2.75) is 6.04 Å². The highest BCUT2D eigenvalue weighted by atomic mass is 16.5. The lowest BCUT2D eigenvalue weighted by Crippen LogP contribution is -2.39. The highest BCUT2D eigenvalue weighted by molar-refractivity contribution is 5.88. The number of hydrogen-bond donors (Lipinski definition) is 1. The van der Waals surface area contributed by atoms with Gasteiger partial charge in [0.1, 0.15) is 11.5 Å². The first-order chi connectivity index (χ1) is 12.8. The van der Waals surface area contributed by atoms with Crippen molar-refractivity contribution in [3.05, 3.63) is 71.8 Å². The second-order valence-corrected chi connectivity index (χ2v) is 6.54. The second-order valence-electron chi connectivity index (χ2n) is 6.54. The summed E-state index contributed by atoms with van der Waals surface area (Å²) in [5.41, 5.74) is 2.09. The van der Waals surface area contributed by atoms with Crippen molar-refractivity contribution in [1.29, 1.82) is 0 Å². The molecule has 1 aliphatic heterocycles. The maximum absolute atomic E-state index is 10.8. The number of methoxy groups -OCH3 is 1. The Bertz CT molecular complexity index is 886. The maximum atomic E-state index is 10.8. The van der Waals surface area contributed by atoms with Gasteiger partial charge < -0.3 is 14.6 Å². The average molecular weight is 349 g/mol. The van der Waals surface area contributed by atoms with Gasteiger partial charge in [0.05, 0.1) is 26.4 Å². The summed E-state index contributed by atoms with van der Waals surface area (Å²) in [5.74, 6) is 1.16. The van der Waals surface area contributed by atoms with Crippen LogP contribution in [-0.4, -0.2) is 43.4 Å². The van der Waals surface area contributed by atoms with Crippen molar-refractivity contribution in [2.75, 3.05) is 33.4 Å². The van der Waals surface area contributed by atoms with Crippen molar-refractivity contribution >= 4 is 10.8 Å². The highest BCUT2D eigenvalue weighted by Crippen LogP contribution is 2.39. The fraction of sp³-hybridized carbons (Fsp3) is 0.273. The average Bonchev–Trinajstić information content (AvgIpc) is 2.71. The molecule has 1 fully saturated rings. The molecule has 0 saturated carbocycles. The van der Waals surface area contributed by atoms with Crippen LogP contribution in [0.15, 0.2) is 60.7 Å². The van der Waals surface area contributed by atoms with Crippen molar-refractivity contribution in [2.24, 2.45) is 0 Å². The number of benzene rings is 3. The molecule has 26 heavy (non-hydrogen) atoms. The smallest absolute Gasteiger partial charge is 0.121 e. The molecule has 4 nitrogen and oxygen atoms in total. The minimum absolute atomic E-state index is 0.0316. The van der Waals surface area contributed by atoms with Crippen LogP contribution in [0.3, 0.4) is 0 Å². The third kappa shape index (κ3) is 3.14. The lowest BCUT2D eigenvalue weighted by atomic mass is 9.91. The van der Waals surface area contributed by atoms with E-state index in [1.807, 2.05) is 30.3 Å². The molecule has 0 aliphatic carbocycles. The Balaban J connectivity index is 1.88. The summed E-state index contributed by atoms with van der Waals surface area (Å²) in [7, 11) is 1.67. The van der Waals surface area contributed by atoms with Crippen LogP contribution in [0.25, 0.3) is 10.8 Å². The number of hydrogen-bond acceptors (Lipinski definition) is 4. The van der Waals surface area contributed by atoms with Crippen LogP contribution in [0.4, 0.5) is 0 Å². The zero-order valence-electron chi connectivity index (χ0n) is 14.9. The first kappa shape index (κ1) is 16.9. The van der Waals surface area contributed by atoms with Crippen molar-refractivity contribution < 1.29 is 14.6 Å². The zero-order chi connectivity index (χ0) is 17.9. The lowest BCUT2D eigenvalue weighted by molar-refractivity contribution is 0.0238. The van der Waals surface area contributed by atoms with E-state index in [1.54, 1.807) is 13.2 Å². The van der Waals surface area contributed by atoms with E-state index in [0.29, 0.717) is 19.0 Å². The molecular formula is C22H23NO3. The molecule has 4 heteroatoms. The van der Waals surface area contributed by atoms with Crippen LogP contribution in [0.1, 0.15) is 17.2 Å². The number of rotatable bonds is 4. The Morgan fingerprint density at radius 3 is 2.42 bits per heavy atom. The van der Waals surface area contributed by atoms with E-state index in [0.717, 1.165) is 40.7 Å². The Labute approximate surface area is 153 Å². The fourth-order valence-electron chi connectivity index (χ4n) is 3.75. The molecule has 0 amide bonds. The number of morpholine rings is 1. The molecule has 0 spiro atoms. The number of fused-ring (bicyclic) bond motifs is 1. The molecule has 0 unspecified atom stereocenters. The van der Waals surface area contributed by atoms with Crippen molar-refractivity contribution in [1.82, 2.24) is 4.90 Å². The van der Waals surface area contributed by atoms with E-state index < -0.39 is 0 Å². The highest BCUT2D eigenvalue weighted by Gasteiger charge is 2.28. The molecule has 1 atom stereocenters. The van der Waals surface area contributed by atoms with Crippen LogP contribution in [-0.2, 0) is 4.74 Å². The number of aromatic hydroxyl groups is 1. The number of ether oxygens (including phenoxy) is 2. The molecule has 4 rings (SSSR count). The monoisotopic (exact) mass is 349 g/mol. The third-order valence-corrected chi connectivity index (χ3v) is 5.06. The zero-order valence-corrected chi connectivity index (χ0v) is 14.9. The molecular weight excluding hydrogens is 326 g/mol. The molecule has 0 radical (unpaired) electrons. The second kappa shape index (κ2) is 7.36. The molecule has 1 saturated heterocycles. The van der Waals surface area contributed by atoms with E-state index in [1.165, 1.54) is 0 Å². The number of phenols is 1. The van der Waals surface area contributed by atoms with E-state index >= 15 is 0 Å². The normalized spacial score (nSPS) is 16.5. The summed E-state index contributed by atoms with van der Waals surface area (Å²) in [6, 6.07) is 20.1. The molecule has 3 aromatic carbocycles. The van der Waals surface area contributed by atoms with E-state index in [9.17, 15) is 5.11 Å². The Morgan fingerprint density at radius 2 is 1.69 bits per heavy atom. The van der Waals surface area contributed by atoms with E-state index in [4.69, 9.17) is 9.47 Å². The minimum Gasteiger partial charge on any atom is -0.508 e. The van der Waals surface area contributed by atoms with Crippen LogP contribution in [0, 0.1) is 0 Å². The molecule has 134 valence electrons. The lowest BCUT2D eigenvalue weighted by Gasteiger charge is -2.36. The van der Waals surface area contributed by atoms with Gasteiger partial charge in [-0.05, 0) is 34.5 Å². The maximum Gasteiger partial charge on any atom is 0.121 e. The van der Waals surface area contributed by atoms with E-state index in [2.05, 4.69) is 29.2 Å². The van der Waals surface area contributed by atoms with Crippen molar-refractivity contribution in [3.8, 4) is 11.5 Å². The molecule has 0 bridgehead atoms. The van der Waals surface area contributed by atoms with Gasteiger partial charge in [0.25, 0.3) is 0 Å². The van der Waals surface area contributed by atoms with Crippen LogP contribution < -0.4 is 4.74 Å². The summed E-state index contributed by atoms with van der Waals surface area (Å²) in [4.78, 5) is 2.38. The molecule has 3 aromatic rings. The van der Waals surface area contributed by atoms with Gasteiger partial charge >= 0.3 is 0 Å². The predicted octanol–water partition coefficient (Wildman–Crippen LogP) is 3.98. The van der Waals surface area contributed by atoms with Crippen LogP contribution >= 0.6 is 0 Å². The summed E-state index contributed by atoms with van der Waals surface area (Å²) in [6.07, 6.45) is 0. The first-order valence-corrected chi connectivity index (χ1v) is 8.94. The van der Waals surface area contributed by atoms with E-state index in [-0.39, 0.29) is 6.04 Å². The molecule has 1 aliphatic rings. The standard InChI is InChI=1S/C22H23NO3/c1-25-18-9-6-17(7-10-18)22(23-12-14-26-15-13-23)21-19-5-3-2-4-16(19)8-11-20(21)24/h2-11,22,24H,12-15H2,1H3/t22-/m0/s1.